The van der Waals surface area contributed by atoms with E-state index >= 15 is 0 Å². The van der Waals surface area contributed by atoms with Crippen molar-refractivity contribution in [1.29, 1.82) is 0 Å². The molecule has 0 aromatic heterocycles. The van der Waals surface area contributed by atoms with Gasteiger partial charge in [-0.05, 0) is 36.6 Å². The van der Waals surface area contributed by atoms with E-state index in [1.807, 2.05) is 19.9 Å². The molecule has 0 fully saturated rings. The summed E-state index contributed by atoms with van der Waals surface area (Å²) in [6.45, 7) is 4.04. The molecule has 16 heavy (non-hydrogen) atoms. The summed E-state index contributed by atoms with van der Waals surface area (Å²) in [5.74, 6) is -0.395. The van der Waals surface area contributed by atoms with E-state index in [4.69, 9.17) is 11.6 Å². The van der Waals surface area contributed by atoms with Crippen molar-refractivity contribution in [2.75, 3.05) is 7.11 Å². The number of aryl methyl sites for hydroxylation is 2. The molecule has 1 aromatic carbocycles. The molecule has 88 valence electrons. The van der Waals surface area contributed by atoms with Crippen LogP contribution >= 0.6 is 27.5 Å². The molecule has 0 amide bonds. The number of benzene rings is 1. The van der Waals surface area contributed by atoms with Crippen LogP contribution in [0.15, 0.2) is 16.6 Å². The van der Waals surface area contributed by atoms with E-state index in [1.54, 1.807) is 0 Å². The lowest BCUT2D eigenvalue weighted by atomic mass is 10.0. The van der Waals surface area contributed by atoms with Crippen molar-refractivity contribution in [2.45, 2.75) is 25.6 Å². The van der Waals surface area contributed by atoms with Gasteiger partial charge in [-0.3, -0.25) is 4.79 Å². The van der Waals surface area contributed by atoms with Crippen LogP contribution in [0.5, 0.6) is 0 Å². The first-order valence-electron chi connectivity index (χ1n) is 4.93. The van der Waals surface area contributed by atoms with E-state index in [0.29, 0.717) is 6.42 Å². The second-order valence-electron chi connectivity index (χ2n) is 3.74. The zero-order valence-corrected chi connectivity index (χ0v) is 11.9. The van der Waals surface area contributed by atoms with Gasteiger partial charge in [0, 0.05) is 10.9 Å². The number of ether oxygens (including phenoxy) is 1. The minimum atomic E-state index is -0.636. The molecular weight excluding hydrogens is 291 g/mol. The Hall–Kier alpha value is -0.540. The molecule has 1 atom stereocenters. The zero-order chi connectivity index (χ0) is 12.3. The fourth-order valence-corrected chi connectivity index (χ4v) is 2.67. The molecule has 0 radical (unpaired) electrons. The third kappa shape index (κ3) is 3.22. The predicted molar refractivity (Wildman–Crippen MR) is 69.0 cm³/mol. The van der Waals surface area contributed by atoms with Gasteiger partial charge in [-0.2, -0.15) is 0 Å². The molecule has 2 nitrogen and oxygen atoms in total. The number of carbonyl (C=O) groups excluding carboxylic acids is 1. The molecule has 0 saturated heterocycles. The van der Waals surface area contributed by atoms with Crippen LogP contribution in [0.1, 0.15) is 16.7 Å². The first-order valence-corrected chi connectivity index (χ1v) is 6.16. The normalized spacial score (nSPS) is 12.3. The fraction of sp³-hybridized carbons (Fsp3) is 0.417. The molecule has 0 spiro atoms. The maximum Gasteiger partial charge on any atom is 0.324 e. The second-order valence-corrected chi connectivity index (χ2v) is 5.12. The summed E-state index contributed by atoms with van der Waals surface area (Å²) in [5.41, 5.74) is 3.36. The minimum absolute atomic E-state index is 0.395. The number of alkyl halides is 1. The van der Waals surface area contributed by atoms with Crippen molar-refractivity contribution < 1.29 is 9.53 Å². The van der Waals surface area contributed by atoms with Crippen molar-refractivity contribution in [1.82, 2.24) is 0 Å². The lowest BCUT2D eigenvalue weighted by molar-refractivity contribution is -0.140. The van der Waals surface area contributed by atoms with E-state index in [9.17, 15) is 4.79 Å². The smallest absolute Gasteiger partial charge is 0.324 e. The van der Waals surface area contributed by atoms with Gasteiger partial charge in [0.25, 0.3) is 0 Å². The largest absolute Gasteiger partial charge is 0.468 e. The lowest BCUT2D eigenvalue weighted by Crippen LogP contribution is -2.19. The van der Waals surface area contributed by atoms with Crippen molar-refractivity contribution in [2.24, 2.45) is 0 Å². The molecule has 0 heterocycles. The topological polar surface area (TPSA) is 26.3 Å². The summed E-state index contributed by atoms with van der Waals surface area (Å²) in [7, 11) is 1.34. The average Bonchev–Trinajstić information content (AvgIpc) is 2.21. The van der Waals surface area contributed by atoms with Crippen LogP contribution in [0, 0.1) is 13.8 Å². The van der Waals surface area contributed by atoms with Crippen LogP contribution in [-0.2, 0) is 16.0 Å². The van der Waals surface area contributed by atoms with Crippen molar-refractivity contribution in [3.8, 4) is 0 Å². The number of hydrogen-bond acceptors (Lipinski definition) is 2. The molecule has 0 aliphatic carbocycles. The van der Waals surface area contributed by atoms with Gasteiger partial charge >= 0.3 is 5.97 Å². The number of esters is 1. The van der Waals surface area contributed by atoms with Crippen molar-refractivity contribution in [3.63, 3.8) is 0 Å². The van der Waals surface area contributed by atoms with Crippen LogP contribution in [0.4, 0.5) is 0 Å². The Bertz CT molecular complexity index is 381. The third-order valence-electron chi connectivity index (χ3n) is 2.40. The third-order valence-corrected chi connectivity index (χ3v) is 3.44. The van der Waals surface area contributed by atoms with Crippen LogP contribution in [0.25, 0.3) is 0 Å². The summed E-state index contributed by atoms with van der Waals surface area (Å²) >= 11 is 9.44. The Morgan fingerprint density at radius 2 is 2.12 bits per heavy atom. The Balaban J connectivity index is 2.93. The van der Waals surface area contributed by atoms with Gasteiger partial charge < -0.3 is 4.74 Å². The van der Waals surface area contributed by atoms with Crippen molar-refractivity contribution in [3.05, 3.63) is 33.3 Å². The summed E-state index contributed by atoms with van der Waals surface area (Å²) < 4.78 is 5.59. The monoisotopic (exact) mass is 304 g/mol. The molecular formula is C12H14BrClO2. The van der Waals surface area contributed by atoms with E-state index in [1.165, 1.54) is 12.7 Å². The van der Waals surface area contributed by atoms with Gasteiger partial charge in [-0.15, -0.1) is 11.6 Å². The van der Waals surface area contributed by atoms with Crippen LogP contribution < -0.4 is 0 Å². The highest BCUT2D eigenvalue weighted by Crippen LogP contribution is 2.25. The summed E-state index contributed by atoms with van der Waals surface area (Å²) in [6, 6.07) is 4.09. The number of carbonyl (C=O) groups is 1. The zero-order valence-electron chi connectivity index (χ0n) is 9.51. The molecule has 1 unspecified atom stereocenters. The maximum absolute atomic E-state index is 11.2. The standard InChI is InChI=1S/C12H14BrClO2/c1-7-4-8(2)9(10(13)5-7)6-11(14)12(15)16-3/h4-5,11H,6H2,1-3H3. The summed E-state index contributed by atoms with van der Waals surface area (Å²) in [5, 5.41) is -0.636. The Kier molecular flexibility index (Phi) is 4.81. The minimum Gasteiger partial charge on any atom is -0.468 e. The Morgan fingerprint density at radius 3 is 2.62 bits per heavy atom. The second kappa shape index (κ2) is 5.69. The van der Waals surface area contributed by atoms with Crippen LogP contribution in [-0.4, -0.2) is 18.5 Å². The summed E-state index contributed by atoms with van der Waals surface area (Å²) in [6.07, 6.45) is 0.473. The van der Waals surface area contributed by atoms with Crippen LogP contribution in [0.2, 0.25) is 0 Å². The molecule has 1 rings (SSSR count). The molecule has 0 saturated carbocycles. The maximum atomic E-state index is 11.2. The molecule has 1 aromatic rings. The van der Waals surface area contributed by atoms with Gasteiger partial charge in [0.05, 0.1) is 7.11 Å². The van der Waals surface area contributed by atoms with Crippen molar-refractivity contribution >= 4 is 33.5 Å². The highest BCUT2D eigenvalue weighted by Gasteiger charge is 2.18. The molecule has 4 heteroatoms. The van der Waals surface area contributed by atoms with Crippen LogP contribution in [0.3, 0.4) is 0 Å². The predicted octanol–water partition coefficient (Wildman–Crippen LogP) is 3.39. The number of halogens is 2. The van der Waals surface area contributed by atoms with Gasteiger partial charge in [0.2, 0.25) is 0 Å². The lowest BCUT2D eigenvalue weighted by Gasteiger charge is -2.12. The van der Waals surface area contributed by atoms with E-state index < -0.39 is 11.3 Å². The van der Waals surface area contributed by atoms with Gasteiger partial charge in [0.1, 0.15) is 5.38 Å². The first kappa shape index (κ1) is 13.5. The SMILES string of the molecule is COC(=O)C(Cl)Cc1c(C)cc(C)cc1Br. The van der Waals surface area contributed by atoms with Gasteiger partial charge in [-0.1, -0.05) is 22.0 Å². The highest BCUT2D eigenvalue weighted by molar-refractivity contribution is 9.10. The number of rotatable bonds is 3. The van der Waals surface area contributed by atoms with E-state index in [0.717, 1.165) is 15.6 Å². The number of methoxy groups -OCH3 is 1. The van der Waals surface area contributed by atoms with Gasteiger partial charge in [0.15, 0.2) is 0 Å². The summed E-state index contributed by atoms with van der Waals surface area (Å²) in [4.78, 5) is 11.2. The molecule has 0 aliphatic heterocycles. The van der Waals surface area contributed by atoms with E-state index in [2.05, 4.69) is 26.7 Å². The highest BCUT2D eigenvalue weighted by atomic mass is 79.9. The quantitative estimate of drug-likeness (QED) is 0.632. The first-order chi connectivity index (χ1) is 7.45. The fourth-order valence-electron chi connectivity index (χ4n) is 1.59. The average molecular weight is 306 g/mol. The Labute approximate surface area is 109 Å². The molecule has 0 aliphatic rings. The van der Waals surface area contributed by atoms with E-state index in [-0.39, 0.29) is 0 Å². The van der Waals surface area contributed by atoms with Gasteiger partial charge in [-0.25, -0.2) is 0 Å². The number of hydrogen-bond donors (Lipinski definition) is 0. The molecule has 0 bridgehead atoms. The molecule has 0 N–H and O–H groups in total. The Morgan fingerprint density at radius 1 is 1.50 bits per heavy atom.